The Morgan fingerprint density at radius 3 is 2.23 bits per heavy atom. The lowest BCUT2D eigenvalue weighted by Crippen LogP contribution is -2.50. The maximum atomic E-state index is 4.85. The van der Waals surface area contributed by atoms with Crippen LogP contribution in [0.15, 0.2) is 85.2 Å². The summed E-state index contributed by atoms with van der Waals surface area (Å²) in [6, 6.07) is 24.9. The van der Waals surface area contributed by atoms with E-state index in [1.165, 1.54) is 5.56 Å². The van der Waals surface area contributed by atoms with Crippen LogP contribution in [0.2, 0.25) is 0 Å². The third-order valence-corrected chi connectivity index (χ3v) is 5.70. The summed E-state index contributed by atoms with van der Waals surface area (Å²) in [5.41, 5.74) is 2.34. The van der Waals surface area contributed by atoms with E-state index in [9.17, 15) is 0 Å². The van der Waals surface area contributed by atoms with Gasteiger partial charge in [-0.2, -0.15) is 4.98 Å². The first-order chi connectivity index (χ1) is 15.3. The summed E-state index contributed by atoms with van der Waals surface area (Å²) >= 11 is 0. The van der Waals surface area contributed by atoms with Crippen LogP contribution in [0.3, 0.4) is 0 Å². The predicted molar refractivity (Wildman–Crippen MR) is 123 cm³/mol. The zero-order chi connectivity index (χ0) is 21.0. The van der Waals surface area contributed by atoms with E-state index < -0.39 is 0 Å². The molecule has 1 aliphatic heterocycles. The number of anilines is 3. The van der Waals surface area contributed by atoms with E-state index in [4.69, 9.17) is 9.97 Å². The maximum absolute atomic E-state index is 4.85. The van der Waals surface area contributed by atoms with Crippen molar-refractivity contribution in [3.8, 4) is 11.4 Å². The highest BCUT2D eigenvalue weighted by atomic mass is 15.3. The summed E-state index contributed by atoms with van der Waals surface area (Å²) in [7, 11) is 1.97. The van der Waals surface area contributed by atoms with Gasteiger partial charge in [0.1, 0.15) is 11.6 Å². The van der Waals surface area contributed by atoms with Gasteiger partial charge in [0.05, 0.1) is 0 Å². The molecule has 1 atom stereocenters. The van der Waals surface area contributed by atoms with Crippen LogP contribution in [0.4, 0.5) is 17.6 Å². The highest BCUT2D eigenvalue weighted by Crippen LogP contribution is 2.28. The lowest BCUT2D eigenvalue weighted by atomic mass is 9.96. The summed E-state index contributed by atoms with van der Waals surface area (Å²) in [5, 5.41) is 0. The second-order valence-electron chi connectivity index (χ2n) is 7.70. The first-order valence-corrected chi connectivity index (χ1v) is 10.5. The molecule has 5 rings (SSSR count). The fraction of sp³-hybridized carbons (Fsp3) is 0.200. The summed E-state index contributed by atoms with van der Waals surface area (Å²) in [5.74, 6) is 3.08. The average Bonchev–Trinajstić information content (AvgIpc) is 2.83. The molecular formula is C25H24N6. The molecule has 2 aromatic carbocycles. The highest BCUT2D eigenvalue weighted by molar-refractivity contribution is 5.61. The van der Waals surface area contributed by atoms with E-state index in [-0.39, 0.29) is 0 Å². The van der Waals surface area contributed by atoms with Crippen molar-refractivity contribution in [3.05, 3.63) is 90.8 Å². The van der Waals surface area contributed by atoms with Crippen molar-refractivity contribution in [1.82, 2.24) is 19.9 Å². The van der Waals surface area contributed by atoms with Crippen molar-refractivity contribution < 1.29 is 0 Å². The molecule has 31 heavy (non-hydrogen) atoms. The summed E-state index contributed by atoms with van der Waals surface area (Å²) in [6.45, 7) is 0.982. The van der Waals surface area contributed by atoms with Gasteiger partial charge in [-0.25, -0.2) is 15.0 Å². The molecule has 2 aromatic heterocycles. The lowest BCUT2D eigenvalue weighted by Gasteiger charge is -2.41. The van der Waals surface area contributed by atoms with Gasteiger partial charge in [-0.1, -0.05) is 60.7 Å². The monoisotopic (exact) mass is 408 g/mol. The molecule has 1 fully saturated rings. The van der Waals surface area contributed by atoms with Crippen molar-refractivity contribution in [2.24, 2.45) is 0 Å². The van der Waals surface area contributed by atoms with Gasteiger partial charge in [-0.3, -0.25) is 0 Å². The van der Waals surface area contributed by atoms with Crippen LogP contribution < -0.4 is 9.80 Å². The van der Waals surface area contributed by atoms with Gasteiger partial charge in [-0.15, -0.1) is 0 Å². The van der Waals surface area contributed by atoms with Gasteiger partial charge in [-0.05, 0) is 30.5 Å². The number of hydrogen-bond acceptors (Lipinski definition) is 6. The Hall–Kier alpha value is -3.80. The average molecular weight is 409 g/mol. The zero-order valence-corrected chi connectivity index (χ0v) is 17.5. The van der Waals surface area contributed by atoms with Crippen LogP contribution in [0.25, 0.3) is 11.4 Å². The molecule has 1 saturated heterocycles. The summed E-state index contributed by atoms with van der Waals surface area (Å²) in [6.07, 6.45) is 5.78. The molecule has 0 bridgehead atoms. The Bertz CT molecular complexity index is 1150. The minimum Gasteiger partial charge on any atom is -0.337 e. The first-order valence-electron chi connectivity index (χ1n) is 10.5. The Balaban J connectivity index is 1.36. The summed E-state index contributed by atoms with van der Waals surface area (Å²) in [4.78, 5) is 22.8. The molecule has 1 aliphatic rings. The van der Waals surface area contributed by atoms with E-state index >= 15 is 0 Å². The van der Waals surface area contributed by atoms with E-state index in [2.05, 4.69) is 45.2 Å². The quantitative estimate of drug-likeness (QED) is 0.467. The van der Waals surface area contributed by atoms with Crippen molar-refractivity contribution in [2.75, 3.05) is 23.4 Å². The first kappa shape index (κ1) is 19.2. The minimum absolute atomic E-state index is 0.437. The van der Waals surface area contributed by atoms with Crippen molar-refractivity contribution in [2.45, 2.75) is 18.9 Å². The number of aromatic nitrogens is 4. The van der Waals surface area contributed by atoms with Crippen LogP contribution in [0, 0.1) is 0 Å². The molecule has 0 radical (unpaired) electrons. The van der Waals surface area contributed by atoms with Crippen LogP contribution >= 0.6 is 0 Å². The second-order valence-corrected chi connectivity index (χ2v) is 7.70. The van der Waals surface area contributed by atoms with Gasteiger partial charge >= 0.3 is 0 Å². The molecule has 0 amide bonds. The largest absolute Gasteiger partial charge is 0.337 e. The van der Waals surface area contributed by atoms with Crippen molar-refractivity contribution in [3.63, 3.8) is 0 Å². The predicted octanol–water partition coefficient (Wildman–Crippen LogP) is 4.52. The molecule has 0 unspecified atom stereocenters. The molecule has 0 N–H and O–H groups in total. The van der Waals surface area contributed by atoms with Gasteiger partial charge in [0.2, 0.25) is 5.95 Å². The molecule has 4 aromatic rings. The van der Waals surface area contributed by atoms with Crippen LogP contribution in [0.1, 0.15) is 12.0 Å². The zero-order valence-electron chi connectivity index (χ0n) is 17.5. The van der Waals surface area contributed by atoms with E-state index in [0.29, 0.717) is 11.9 Å². The maximum Gasteiger partial charge on any atom is 0.227 e. The summed E-state index contributed by atoms with van der Waals surface area (Å²) < 4.78 is 0. The van der Waals surface area contributed by atoms with Crippen LogP contribution in [0.5, 0.6) is 0 Å². The Kier molecular flexibility index (Phi) is 5.27. The van der Waals surface area contributed by atoms with E-state index in [1.807, 2.05) is 60.6 Å². The molecular weight excluding hydrogens is 384 g/mol. The minimum atomic E-state index is 0.437. The van der Waals surface area contributed by atoms with Gasteiger partial charge in [0, 0.05) is 37.6 Å². The Labute approximate surface area is 182 Å². The van der Waals surface area contributed by atoms with Gasteiger partial charge < -0.3 is 9.80 Å². The van der Waals surface area contributed by atoms with E-state index in [1.54, 1.807) is 6.20 Å². The molecule has 6 nitrogen and oxygen atoms in total. The SMILES string of the molecule is CN(c1ccnc(-c2ccccc2)n1)c1ccnc(N2CC[C@H]2Cc2ccccc2)n1. The second kappa shape index (κ2) is 8.52. The Morgan fingerprint density at radius 1 is 0.839 bits per heavy atom. The molecule has 154 valence electrons. The topological polar surface area (TPSA) is 58.0 Å². The number of benzene rings is 2. The normalized spacial score (nSPS) is 15.4. The fourth-order valence-corrected chi connectivity index (χ4v) is 3.85. The number of hydrogen-bond donors (Lipinski definition) is 0. The van der Waals surface area contributed by atoms with Gasteiger partial charge in [0.25, 0.3) is 0 Å². The van der Waals surface area contributed by atoms with Gasteiger partial charge in [0.15, 0.2) is 5.82 Å². The fourth-order valence-electron chi connectivity index (χ4n) is 3.85. The number of nitrogens with zero attached hydrogens (tertiary/aromatic N) is 6. The standard InChI is InChI=1S/C25H24N6/c1-30(22-12-15-26-24(28-22)20-10-6-3-7-11-20)23-13-16-27-25(29-23)31-17-14-21(31)18-19-8-4-2-5-9-19/h2-13,15-16,21H,14,17-18H2,1H3/t21-/m0/s1. The molecule has 0 saturated carbocycles. The molecule has 0 aliphatic carbocycles. The van der Waals surface area contributed by atoms with Crippen molar-refractivity contribution in [1.29, 1.82) is 0 Å². The molecule has 3 heterocycles. The molecule has 0 spiro atoms. The van der Waals surface area contributed by atoms with Crippen LogP contribution in [-0.2, 0) is 6.42 Å². The third-order valence-electron chi connectivity index (χ3n) is 5.70. The van der Waals surface area contributed by atoms with Crippen LogP contribution in [-0.4, -0.2) is 39.6 Å². The Morgan fingerprint density at radius 2 is 1.52 bits per heavy atom. The third kappa shape index (κ3) is 4.10. The highest BCUT2D eigenvalue weighted by Gasteiger charge is 2.30. The van der Waals surface area contributed by atoms with Crippen molar-refractivity contribution >= 4 is 17.6 Å². The smallest absolute Gasteiger partial charge is 0.227 e. The number of rotatable bonds is 6. The lowest BCUT2D eigenvalue weighted by molar-refractivity contribution is 0.437. The van der Waals surface area contributed by atoms with E-state index in [0.717, 1.165) is 42.5 Å². The molecule has 6 heteroatoms.